The molecule has 4 heterocycles. The third kappa shape index (κ3) is 6.06. The zero-order chi connectivity index (χ0) is 41.4. The number of nitrogens with zero attached hydrogens (tertiary/aromatic N) is 2. The van der Waals surface area contributed by atoms with Crippen molar-refractivity contribution >= 4 is 84.8 Å². The second-order valence-electron chi connectivity index (χ2n) is 16.5. The van der Waals surface area contributed by atoms with E-state index in [-0.39, 0.29) is 18.5 Å². The SMILES string of the molecule is c1ccc(C2[N-]C(c3cccc(-c4ccc(-c5ccc6c(c5)sc5ccccc56)c5sc6c(-n7c8ccccc8c8ccccc87)cccc6c45)c3)NC(c3ccccc3)N2)cc1. The molecule has 3 aromatic heterocycles. The Balaban J connectivity index is 1.01. The highest BCUT2D eigenvalue weighted by molar-refractivity contribution is 7.27. The van der Waals surface area contributed by atoms with Crippen molar-refractivity contribution in [3.05, 3.63) is 228 Å². The minimum Gasteiger partial charge on any atom is -0.624 e. The van der Waals surface area contributed by atoms with Crippen LogP contribution in [0.4, 0.5) is 0 Å². The predicted molar refractivity (Wildman–Crippen MR) is 268 cm³/mol. The highest BCUT2D eigenvalue weighted by Crippen LogP contribution is 2.49. The fraction of sp³-hybridized carbons (Fsp3) is 0.0526. The summed E-state index contributed by atoms with van der Waals surface area (Å²) in [7, 11) is 0. The van der Waals surface area contributed by atoms with E-state index in [1.807, 2.05) is 22.7 Å². The number of thiophene rings is 2. The Labute approximate surface area is 372 Å². The van der Waals surface area contributed by atoms with Crippen molar-refractivity contribution in [1.29, 1.82) is 0 Å². The van der Waals surface area contributed by atoms with Crippen LogP contribution in [-0.4, -0.2) is 4.57 Å². The average Bonchev–Trinajstić information content (AvgIpc) is 4.04. The molecule has 1 saturated heterocycles. The average molecular weight is 844 g/mol. The number of fused-ring (bicyclic) bond motifs is 9. The van der Waals surface area contributed by atoms with Gasteiger partial charge in [0.05, 0.1) is 27.6 Å². The number of nitrogens with one attached hydrogen (secondary N) is 2. The fourth-order valence-electron chi connectivity index (χ4n) is 9.92. The molecule has 300 valence electrons. The third-order valence-electron chi connectivity index (χ3n) is 12.8. The summed E-state index contributed by atoms with van der Waals surface area (Å²) in [5, 5.41) is 20.7. The van der Waals surface area contributed by atoms with Crippen molar-refractivity contribution in [2.45, 2.75) is 18.5 Å². The van der Waals surface area contributed by atoms with Crippen LogP contribution in [-0.2, 0) is 0 Å². The first kappa shape index (κ1) is 36.7. The van der Waals surface area contributed by atoms with E-state index in [4.69, 9.17) is 5.32 Å². The van der Waals surface area contributed by atoms with Crippen LogP contribution in [0.15, 0.2) is 206 Å². The van der Waals surface area contributed by atoms with Crippen LogP contribution in [0.25, 0.3) is 95.4 Å². The van der Waals surface area contributed by atoms with Gasteiger partial charge >= 0.3 is 0 Å². The molecule has 9 aromatic carbocycles. The lowest BCUT2D eigenvalue weighted by atomic mass is 9.93. The number of para-hydroxylation sites is 2. The fourth-order valence-corrected chi connectivity index (χ4v) is 12.4. The predicted octanol–water partition coefficient (Wildman–Crippen LogP) is 15.8. The first-order valence-electron chi connectivity index (χ1n) is 21.5. The lowest BCUT2D eigenvalue weighted by molar-refractivity contribution is 0.316. The second-order valence-corrected chi connectivity index (χ2v) is 18.6. The highest BCUT2D eigenvalue weighted by atomic mass is 32.1. The van der Waals surface area contributed by atoms with E-state index < -0.39 is 0 Å². The summed E-state index contributed by atoms with van der Waals surface area (Å²) in [6.45, 7) is 0. The number of rotatable bonds is 6. The zero-order valence-electron chi connectivity index (χ0n) is 34.1. The van der Waals surface area contributed by atoms with Gasteiger partial charge in [-0.15, -0.1) is 22.7 Å². The molecule has 0 amide bonds. The van der Waals surface area contributed by atoms with Gasteiger partial charge in [0.1, 0.15) is 0 Å². The maximum atomic E-state index is 5.40. The van der Waals surface area contributed by atoms with Crippen LogP contribution in [0.1, 0.15) is 35.2 Å². The largest absolute Gasteiger partial charge is 0.624 e. The minimum absolute atomic E-state index is 0.0769. The zero-order valence-corrected chi connectivity index (χ0v) is 35.7. The van der Waals surface area contributed by atoms with Crippen LogP contribution < -0.4 is 10.6 Å². The van der Waals surface area contributed by atoms with E-state index >= 15 is 0 Å². The summed E-state index contributed by atoms with van der Waals surface area (Å²) in [5.74, 6) is 0. The van der Waals surface area contributed by atoms with E-state index in [9.17, 15) is 0 Å². The monoisotopic (exact) mass is 843 g/mol. The van der Waals surface area contributed by atoms with Crippen molar-refractivity contribution in [3.8, 4) is 27.9 Å². The molecular weight excluding hydrogens is 805 g/mol. The molecule has 1 aliphatic rings. The first-order chi connectivity index (χ1) is 31.2. The van der Waals surface area contributed by atoms with Gasteiger partial charge in [-0.05, 0) is 58.1 Å². The topological polar surface area (TPSA) is 43.1 Å². The number of aromatic nitrogens is 1. The van der Waals surface area contributed by atoms with Gasteiger partial charge in [0, 0.05) is 46.4 Å². The normalized spacial score (nSPS) is 16.9. The first-order valence-corrected chi connectivity index (χ1v) is 23.2. The van der Waals surface area contributed by atoms with Gasteiger partial charge in [-0.1, -0.05) is 199 Å². The smallest absolute Gasteiger partial charge is 0.0814 e. The molecule has 0 bridgehead atoms. The summed E-state index contributed by atoms with van der Waals surface area (Å²) >= 11 is 3.79. The van der Waals surface area contributed by atoms with Gasteiger partial charge in [-0.3, -0.25) is 0 Å². The maximum Gasteiger partial charge on any atom is 0.0814 e. The Hall–Kier alpha value is -6.90. The maximum absolute atomic E-state index is 5.40. The van der Waals surface area contributed by atoms with Gasteiger partial charge in [0.2, 0.25) is 0 Å². The van der Waals surface area contributed by atoms with E-state index in [1.165, 1.54) is 95.7 Å². The molecule has 3 atom stereocenters. The van der Waals surface area contributed by atoms with Crippen molar-refractivity contribution in [3.63, 3.8) is 0 Å². The number of hydrogen-bond donors (Lipinski definition) is 2. The van der Waals surface area contributed by atoms with Gasteiger partial charge in [-0.2, -0.15) is 0 Å². The Bertz CT molecular complexity index is 3600. The molecule has 3 unspecified atom stereocenters. The standard InChI is InChI=1S/C57H39N4S2/c1-3-15-35(16-4-1)55-58-56(36-17-5-2-6-18-36)60-57(59-55)39-20-13-19-37(33-39)40-31-32-41(38-29-30-45-44-23-9-12-28-50(44)62-51(45)34-38)54-52(40)46-24-14-27-49(53(46)63-54)61-47-25-10-7-21-42(47)43-22-8-11-26-48(43)61/h1-34,55-59H/q-1. The summed E-state index contributed by atoms with van der Waals surface area (Å²) < 4.78 is 7.68. The van der Waals surface area contributed by atoms with Crippen LogP contribution in [0.2, 0.25) is 0 Å². The van der Waals surface area contributed by atoms with E-state index in [0.717, 1.165) is 11.1 Å². The van der Waals surface area contributed by atoms with Crippen LogP contribution in [0, 0.1) is 0 Å². The molecule has 0 spiro atoms. The quantitative estimate of drug-likeness (QED) is 0.175. The Morgan fingerprint density at radius 2 is 0.984 bits per heavy atom. The lowest BCUT2D eigenvalue weighted by Crippen LogP contribution is -2.44. The molecule has 0 aliphatic carbocycles. The molecule has 13 rings (SSSR count). The van der Waals surface area contributed by atoms with Gasteiger partial charge in [0.15, 0.2) is 0 Å². The summed E-state index contributed by atoms with van der Waals surface area (Å²) in [6.07, 6.45) is -0.479. The Morgan fingerprint density at radius 1 is 0.397 bits per heavy atom. The van der Waals surface area contributed by atoms with Crippen molar-refractivity contribution in [2.24, 2.45) is 0 Å². The molecule has 1 fully saturated rings. The molecule has 4 nitrogen and oxygen atoms in total. The summed E-state index contributed by atoms with van der Waals surface area (Å²) in [5.41, 5.74) is 12.0. The second kappa shape index (κ2) is 14.9. The lowest BCUT2D eigenvalue weighted by Gasteiger charge is -2.50. The summed E-state index contributed by atoms with van der Waals surface area (Å²) in [4.78, 5) is 0. The molecule has 0 saturated carbocycles. The third-order valence-corrected chi connectivity index (χ3v) is 15.2. The van der Waals surface area contributed by atoms with E-state index in [2.05, 4.69) is 221 Å². The molecule has 63 heavy (non-hydrogen) atoms. The summed E-state index contributed by atoms with van der Waals surface area (Å²) in [6, 6.07) is 75.3. The van der Waals surface area contributed by atoms with Gasteiger partial charge < -0.3 is 20.5 Å². The van der Waals surface area contributed by atoms with Crippen molar-refractivity contribution < 1.29 is 0 Å². The molecule has 6 heteroatoms. The Kier molecular flexibility index (Phi) is 8.68. The number of hydrogen-bond acceptors (Lipinski definition) is 4. The van der Waals surface area contributed by atoms with Crippen LogP contribution >= 0.6 is 22.7 Å². The van der Waals surface area contributed by atoms with E-state index in [1.54, 1.807) is 0 Å². The molecule has 1 aliphatic heterocycles. The van der Waals surface area contributed by atoms with Gasteiger partial charge in [-0.25, -0.2) is 0 Å². The molecule has 12 aromatic rings. The molecular formula is C57H39N4S2-. The van der Waals surface area contributed by atoms with E-state index in [0.29, 0.717) is 0 Å². The van der Waals surface area contributed by atoms with Gasteiger partial charge in [0.25, 0.3) is 0 Å². The highest BCUT2D eigenvalue weighted by Gasteiger charge is 2.24. The molecule has 2 N–H and O–H groups in total. The van der Waals surface area contributed by atoms with Crippen molar-refractivity contribution in [2.75, 3.05) is 0 Å². The van der Waals surface area contributed by atoms with Crippen molar-refractivity contribution in [1.82, 2.24) is 15.2 Å². The minimum atomic E-state index is -0.231. The number of benzene rings is 9. The van der Waals surface area contributed by atoms with Crippen LogP contribution in [0.5, 0.6) is 0 Å². The molecule has 0 radical (unpaired) electrons. The van der Waals surface area contributed by atoms with Crippen LogP contribution in [0.3, 0.4) is 0 Å². The Morgan fingerprint density at radius 3 is 1.76 bits per heavy atom.